The van der Waals surface area contributed by atoms with Gasteiger partial charge in [-0.15, -0.1) is 0 Å². The van der Waals surface area contributed by atoms with E-state index in [2.05, 4.69) is 24.8 Å². The van der Waals surface area contributed by atoms with Crippen LogP contribution in [0.1, 0.15) is 50.8 Å². The Labute approximate surface area is 297 Å². The Bertz CT molecular complexity index is 1670. The van der Waals surface area contributed by atoms with Crippen LogP contribution in [0.25, 0.3) is 0 Å². The molecule has 4 aliphatic heterocycles. The second-order valence-corrected chi connectivity index (χ2v) is 14.7. The van der Waals surface area contributed by atoms with Crippen LogP contribution >= 0.6 is 0 Å². The number of nitrogens with zero attached hydrogens (tertiary/aromatic N) is 2. The molecule has 3 aromatic carbocycles. The van der Waals surface area contributed by atoms with E-state index >= 15 is 0 Å². The molecule has 0 N–H and O–H groups in total. The average Bonchev–Trinajstić information content (AvgIpc) is 3.85. The van der Waals surface area contributed by atoms with Gasteiger partial charge in [0.15, 0.2) is 17.8 Å². The molecule has 10 nitrogen and oxygen atoms in total. The largest absolute Gasteiger partial charge is 0.489 e. The molecule has 4 aliphatic rings. The van der Waals surface area contributed by atoms with E-state index in [-0.39, 0.29) is 37.8 Å². The van der Waals surface area contributed by atoms with Crippen LogP contribution in [0.5, 0.6) is 17.2 Å². The zero-order chi connectivity index (χ0) is 35.7. The lowest BCUT2D eigenvalue weighted by Gasteiger charge is -2.34. The molecule has 3 aromatic rings. The minimum atomic E-state index is -0.955. The number of carbonyl (C=O) groups excluding carboxylic acids is 1. The highest BCUT2D eigenvalue weighted by Crippen LogP contribution is 2.39. The van der Waals surface area contributed by atoms with Crippen molar-refractivity contribution in [3.05, 3.63) is 89.0 Å². The molecule has 1 amide bonds. The fourth-order valence-electron chi connectivity index (χ4n) is 7.64. The second kappa shape index (κ2) is 14.9. The van der Waals surface area contributed by atoms with Gasteiger partial charge in [0.25, 0.3) is 0 Å². The van der Waals surface area contributed by atoms with Crippen molar-refractivity contribution in [1.29, 1.82) is 0 Å². The summed E-state index contributed by atoms with van der Waals surface area (Å²) < 4.78 is 68.7. The summed E-state index contributed by atoms with van der Waals surface area (Å²) in [6.45, 7) is 11.4. The Balaban J connectivity index is 1.11. The predicted molar refractivity (Wildman–Crippen MR) is 182 cm³/mol. The summed E-state index contributed by atoms with van der Waals surface area (Å²) in [6, 6.07) is 16.5. The first-order valence-electron chi connectivity index (χ1n) is 17.7. The summed E-state index contributed by atoms with van der Waals surface area (Å²) in [5.74, 6) is 1.13. The number of amides is 1. The zero-order valence-corrected chi connectivity index (χ0v) is 29.5. The third-order valence-electron chi connectivity index (χ3n) is 9.82. The SMILES string of the molecule is CC(C)CN(Cc1ccc2c(c1)OCO2)CC1OC(C)(C)N(C(=O)OC2COC3OCCC23)C1Cc1ccc(OCc2cc(F)cc(F)c2)cc1. The van der Waals surface area contributed by atoms with E-state index in [0.717, 1.165) is 41.7 Å². The summed E-state index contributed by atoms with van der Waals surface area (Å²) in [6.07, 6.45) is -0.249. The van der Waals surface area contributed by atoms with E-state index < -0.39 is 29.6 Å². The van der Waals surface area contributed by atoms with Crippen molar-refractivity contribution in [3.63, 3.8) is 0 Å². The molecule has 0 aliphatic carbocycles. The Kier molecular flexibility index (Phi) is 10.4. The molecule has 0 radical (unpaired) electrons. The molecule has 0 bridgehead atoms. The molecule has 5 atom stereocenters. The second-order valence-electron chi connectivity index (χ2n) is 14.7. The Morgan fingerprint density at radius 3 is 2.47 bits per heavy atom. The van der Waals surface area contributed by atoms with Gasteiger partial charge in [-0.05, 0) is 85.7 Å². The number of hydrogen-bond acceptors (Lipinski definition) is 9. The highest BCUT2D eigenvalue weighted by atomic mass is 19.1. The van der Waals surface area contributed by atoms with Crippen molar-refractivity contribution in [2.45, 2.75) is 84.0 Å². The smallest absolute Gasteiger partial charge is 0.412 e. The fourth-order valence-corrected chi connectivity index (χ4v) is 7.64. The minimum absolute atomic E-state index is 0.00878. The molecule has 4 heterocycles. The molecular formula is C39H46F2N2O8. The molecule has 5 unspecified atom stereocenters. The molecular weight excluding hydrogens is 662 g/mol. The molecule has 274 valence electrons. The number of hydrogen-bond donors (Lipinski definition) is 0. The number of ether oxygens (including phenoxy) is 7. The highest BCUT2D eigenvalue weighted by Gasteiger charge is 2.52. The molecule has 3 saturated heterocycles. The van der Waals surface area contributed by atoms with Gasteiger partial charge in [-0.2, -0.15) is 0 Å². The zero-order valence-electron chi connectivity index (χ0n) is 29.5. The van der Waals surface area contributed by atoms with Crippen LogP contribution in [0.2, 0.25) is 0 Å². The Morgan fingerprint density at radius 1 is 0.961 bits per heavy atom. The summed E-state index contributed by atoms with van der Waals surface area (Å²) in [5.41, 5.74) is 1.50. The number of fused-ring (bicyclic) bond motifs is 2. The molecule has 12 heteroatoms. The van der Waals surface area contributed by atoms with E-state index in [0.29, 0.717) is 50.0 Å². The van der Waals surface area contributed by atoms with Crippen molar-refractivity contribution < 1.29 is 46.7 Å². The quantitative estimate of drug-likeness (QED) is 0.205. The third kappa shape index (κ3) is 8.25. The van der Waals surface area contributed by atoms with Gasteiger partial charge in [0, 0.05) is 25.7 Å². The standard InChI is InChI=1S/C39H46F2N2O8/c1-24(2)18-42(19-26-7-10-33-34(16-26)49-23-48-33)20-35-32(15-25-5-8-30(9-6-25)46-21-27-13-28(40)17-29(41)14-27)43(39(3,4)51-35)38(44)50-36-22-47-37-31(36)11-12-45-37/h5-10,13-14,16-17,24,31-32,35-37H,11-12,15,18-23H2,1-4H3. The summed E-state index contributed by atoms with van der Waals surface area (Å²) >= 11 is 0. The minimum Gasteiger partial charge on any atom is -0.489 e. The maximum atomic E-state index is 14.2. The van der Waals surface area contributed by atoms with Crippen molar-refractivity contribution in [3.8, 4) is 17.2 Å². The summed E-state index contributed by atoms with van der Waals surface area (Å²) in [5, 5.41) is 0. The lowest BCUT2D eigenvalue weighted by Crippen LogP contribution is -2.51. The molecule has 51 heavy (non-hydrogen) atoms. The predicted octanol–water partition coefficient (Wildman–Crippen LogP) is 6.68. The monoisotopic (exact) mass is 708 g/mol. The maximum Gasteiger partial charge on any atom is 0.412 e. The molecule has 0 aromatic heterocycles. The first-order valence-corrected chi connectivity index (χ1v) is 17.7. The van der Waals surface area contributed by atoms with E-state index in [1.165, 1.54) is 12.1 Å². The Morgan fingerprint density at radius 2 is 1.71 bits per heavy atom. The maximum absolute atomic E-state index is 14.2. The van der Waals surface area contributed by atoms with Crippen LogP contribution in [-0.4, -0.2) is 79.3 Å². The molecule has 0 spiro atoms. The number of rotatable bonds is 12. The first kappa shape index (κ1) is 35.4. The summed E-state index contributed by atoms with van der Waals surface area (Å²) in [4.78, 5) is 18.3. The highest BCUT2D eigenvalue weighted by molar-refractivity contribution is 5.70. The van der Waals surface area contributed by atoms with Gasteiger partial charge < -0.3 is 33.2 Å². The number of halogens is 2. The lowest BCUT2D eigenvalue weighted by atomic mass is 9.99. The summed E-state index contributed by atoms with van der Waals surface area (Å²) in [7, 11) is 0. The topological polar surface area (TPSA) is 88.2 Å². The van der Waals surface area contributed by atoms with Crippen LogP contribution < -0.4 is 14.2 Å². The van der Waals surface area contributed by atoms with Crippen LogP contribution in [0, 0.1) is 23.5 Å². The van der Waals surface area contributed by atoms with Gasteiger partial charge in [-0.1, -0.05) is 32.0 Å². The number of benzene rings is 3. The van der Waals surface area contributed by atoms with Crippen LogP contribution in [0.3, 0.4) is 0 Å². The normalized spacial score (nSPS) is 24.8. The van der Waals surface area contributed by atoms with E-state index in [1.807, 2.05) is 50.2 Å². The van der Waals surface area contributed by atoms with Crippen LogP contribution in [0.4, 0.5) is 13.6 Å². The average molecular weight is 709 g/mol. The molecule has 0 saturated carbocycles. The van der Waals surface area contributed by atoms with Crippen molar-refractivity contribution in [2.75, 3.05) is 33.1 Å². The molecule has 3 fully saturated rings. The van der Waals surface area contributed by atoms with Gasteiger partial charge in [0.2, 0.25) is 6.79 Å². The van der Waals surface area contributed by atoms with Gasteiger partial charge in [-0.3, -0.25) is 9.80 Å². The van der Waals surface area contributed by atoms with Crippen LogP contribution in [-0.2, 0) is 38.5 Å². The van der Waals surface area contributed by atoms with Crippen LogP contribution in [0.15, 0.2) is 60.7 Å². The van der Waals surface area contributed by atoms with Crippen molar-refractivity contribution >= 4 is 6.09 Å². The van der Waals surface area contributed by atoms with E-state index in [4.69, 9.17) is 33.2 Å². The van der Waals surface area contributed by atoms with Gasteiger partial charge in [-0.25, -0.2) is 13.6 Å². The Hall–Kier alpha value is -3.97. The van der Waals surface area contributed by atoms with E-state index in [1.54, 1.807) is 4.90 Å². The molecule has 7 rings (SSSR count). The van der Waals surface area contributed by atoms with Crippen molar-refractivity contribution in [2.24, 2.45) is 11.8 Å². The lowest BCUT2D eigenvalue weighted by molar-refractivity contribution is -0.0912. The number of carbonyl (C=O) groups is 1. The van der Waals surface area contributed by atoms with Crippen molar-refractivity contribution in [1.82, 2.24) is 9.80 Å². The first-order chi connectivity index (χ1) is 24.5. The van der Waals surface area contributed by atoms with Gasteiger partial charge >= 0.3 is 6.09 Å². The fraction of sp³-hybridized carbons (Fsp3) is 0.513. The van der Waals surface area contributed by atoms with E-state index in [9.17, 15) is 13.6 Å². The third-order valence-corrected chi connectivity index (χ3v) is 9.82. The van der Waals surface area contributed by atoms with Gasteiger partial charge in [0.05, 0.1) is 31.3 Å². The van der Waals surface area contributed by atoms with Gasteiger partial charge in [0.1, 0.15) is 35.8 Å².